The Kier molecular flexibility index (Phi) is 12.7. The lowest BCUT2D eigenvalue weighted by Gasteiger charge is -2.33. The van der Waals surface area contributed by atoms with Gasteiger partial charge in [-0.15, -0.1) is 30.6 Å². The van der Waals surface area contributed by atoms with Gasteiger partial charge in [-0.05, 0) is 59.3 Å². The van der Waals surface area contributed by atoms with Crippen molar-refractivity contribution in [2.24, 2.45) is 10.9 Å². The van der Waals surface area contributed by atoms with Crippen molar-refractivity contribution >= 4 is 36.0 Å². The van der Waals surface area contributed by atoms with Gasteiger partial charge in [0.1, 0.15) is 5.60 Å². The first kappa shape index (κ1) is 26.0. The highest BCUT2D eigenvalue weighted by Gasteiger charge is 2.26. The molecule has 158 valence electrons. The number of carbonyl (C=O) groups excluding carboxylic acids is 1. The lowest BCUT2D eigenvalue weighted by Crippen LogP contribution is -2.43. The summed E-state index contributed by atoms with van der Waals surface area (Å²) in [5.41, 5.74) is -0.435. The van der Waals surface area contributed by atoms with Crippen LogP contribution in [0.1, 0.15) is 53.4 Å². The van der Waals surface area contributed by atoms with E-state index in [0.717, 1.165) is 64.4 Å². The number of rotatable bonds is 7. The van der Waals surface area contributed by atoms with Gasteiger partial charge in [0.15, 0.2) is 5.96 Å². The van der Waals surface area contributed by atoms with Gasteiger partial charge in [-0.3, -0.25) is 4.99 Å². The number of hydrogen-bond donors (Lipinski definition) is 1. The van der Waals surface area contributed by atoms with Crippen molar-refractivity contribution < 1.29 is 9.53 Å². The minimum atomic E-state index is -0.435. The number of allylic oxidation sites excluding steroid dienone is 1. The molecular formula is C20H39IN4O2. The SMILES string of the molecule is C=CCCCN(C)C(=NCC1CCN(C(=O)OC(C)(C)C)CC1)NCC.I. The molecule has 0 unspecified atom stereocenters. The molecule has 1 saturated heterocycles. The zero-order valence-corrected chi connectivity index (χ0v) is 20.1. The van der Waals surface area contributed by atoms with E-state index in [1.165, 1.54) is 0 Å². The van der Waals surface area contributed by atoms with E-state index >= 15 is 0 Å². The number of halogens is 1. The average molecular weight is 494 g/mol. The molecule has 1 heterocycles. The molecule has 27 heavy (non-hydrogen) atoms. The number of ether oxygens (including phenoxy) is 1. The van der Waals surface area contributed by atoms with Gasteiger partial charge in [0.05, 0.1) is 0 Å². The summed E-state index contributed by atoms with van der Waals surface area (Å²) < 4.78 is 5.46. The topological polar surface area (TPSA) is 57.2 Å². The van der Waals surface area contributed by atoms with Crippen molar-refractivity contribution in [1.82, 2.24) is 15.1 Å². The van der Waals surface area contributed by atoms with Crippen LogP contribution >= 0.6 is 24.0 Å². The maximum Gasteiger partial charge on any atom is 0.410 e. The maximum absolute atomic E-state index is 12.1. The molecule has 0 aromatic heterocycles. The molecule has 1 aliphatic rings. The van der Waals surface area contributed by atoms with E-state index in [1.54, 1.807) is 0 Å². The Hall–Kier alpha value is -0.990. The predicted molar refractivity (Wildman–Crippen MR) is 124 cm³/mol. The fourth-order valence-corrected chi connectivity index (χ4v) is 2.89. The van der Waals surface area contributed by atoms with E-state index in [9.17, 15) is 4.79 Å². The summed E-state index contributed by atoms with van der Waals surface area (Å²) in [4.78, 5) is 21.0. The molecule has 0 atom stereocenters. The first-order valence-electron chi connectivity index (χ1n) is 9.85. The van der Waals surface area contributed by atoms with E-state index in [1.807, 2.05) is 31.7 Å². The van der Waals surface area contributed by atoms with Gasteiger partial charge in [0.2, 0.25) is 0 Å². The fraction of sp³-hybridized carbons (Fsp3) is 0.800. The Morgan fingerprint density at radius 3 is 2.52 bits per heavy atom. The van der Waals surface area contributed by atoms with Crippen LogP contribution in [-0.2, 0) is 4.74 Å². The molecule has 7 heteroatoms. The number of piperidine rings is 1. The molecule has 0 aromatic carbocycles. The zero-order chi connectivity index (χ0) is 19.6. The Labute approximate surface area is 182 Å². The molecule has 0 aromatic rings. The first-order chi connectivity index (χ1) is 12.3. The van der Waals surface area contributed by atoms with Crippen molar-refractivity contribution in [1.29, 1.82) is 0 Å². The average Bonchev–Trinajstić information content (AvgIpc) is 2.57. The fourth-order valence-electron chi connectivity index (χ4n) is 2.89. The van der Waals surface area contributed by atoms with Crippen molar-refractivity contribution in [2.45, 2.75) is 59.0 Å². The summed E-state index contributed by atoms with van der Waals surface area (Å²) in [6.07, 6.45) is 5.81. The van der Waals surface area contributed by atoms with Gasteiger partial charge in [0.25, 0.3) is 0 Å². The minimum Gasteiger partial charge on any atom is -0.444 e. The van der Waals surface area contributed by atoms with Crippen LogP contribution in [-0.4, -0.2) is 67.2 Å². The van der Waals surface area contributed by atoms with Gasteiger partial charge in [-0.2, -0.15) is 0 Å². The summed E-state index contributed by atoms with van der Waals surface area (Å²) in [5, 5.41) is 3.37. The number of aliphatic imine (C=N–C) groups is 1. The van der Waals surface area contributed by atoms with Crippen molar-refractivity contribution in [3.05, 3.63) is 12.7 Å². The van der Waals surface area contributed by atoms with Gasteiger partial charge in [-0.25, -0.2) is 4.79 Å². The molecule has 0 radical (unpaired) electrons. The van der Waals surface area contributed by atoms with E-state index in [0.29, 0.717) is 5.92 Å². The number of nitrogens with zero attached hydrogens (tertiary/aromatic N) is 3. The van der Waals surface area contributed by atoms with Crippen LogP contribution < -0.4 is 5.32 Å². The number of unbranched alkanes of at least 4 members (excludes halogenated alkanes) is 1. The van der Waals surface area contributed by atoms with Crippen LogP contribution in [0.25, 0.3) is 0 Å². The zero-order valence-electron chi connectivity index (χ0n) is 17.8. The van der Waals surface area contributed by atoms with Gasteiger partial charge >= 0.3 is 6.09 Å². The quantitative estimate of drug-likeness (QED) is 0.190. The molecule has 0 aliphatic carbocycles. The summed E-state index contributed by atoms with van der Waals surface area (Å²) in [7, 11) is 2.08. The van der Waals surface area contributed by atoms with Gasteiger partial charge in [-0.1, -0.05) is 6.08 Å². The summed E-state index contributed by atoms with van der Waals surface area (Å²) in [6.45, 7) is 15.7. The lowest BCUT2D eigenvalue weighted by molar-refractivity contribution is 0.0187. The molecule has 1 amide bonds. The predicted octanol–water partition coefficient (Wildman–Crippen LogP) is 4.12. The standard InChI is InChI=1S/C20H38N4O2.HI/c1-7-9-10-13-23(6)18(21-8-2)22-16-17-11-14-24(15-12-17)19(25)26-20(3,4)5;/h7,17H,1,8-16H2,2-6H3,(H,21,22);1H. The normalized spacial score (nSPS) is 15.7. The second kappa shape index (κ2) is 13.2. The van der Waals surface area contributed by atoms with E-state index in [-0.39, 0.29) is 30.1 Å². The molecule has 1 fully saturated rings. The number of likely N-dealkylation sites (tertiary alicyclic amines) is 1. The van der Waals surface area contributed by atoms with Crippen LogP contribution in [0.4, 0.5) is 4.79 Å². The second-order valence-electron chi connectivity index (χ2n) is 7.96. The third kappa shape index (κ3) is 10.8. The molecule has 0 spiro atoms. The molecule has 1 N–H and O–H groups in total. The first-order valence-corrected chi connectivity index (χ1v) is 9.85. The number of nitrogens with one attached hydrogen (secondary N) is 1. The maximum atomic E-state index is 12.1. The summed E-state index contributed by atoms with van der Waals surface area (Å²) in [6, 6.07) is 0. The monoisotopic (exact) mass is 494 g/mol. The highest BCUT2D eigenvalue weighted by molar-refractivity contribution is 14.0. The highest BCUT2D eigenvalue weighted by Crippen LogP contribution is 2.20. The third-order valence-corrected chi connectivity index (χ3v) is 4.36. The van der Waals surface area contributed by atoms with E-state index < -0.39 is 5.60 Å². The Balaban J connectivity index is 0.00000676. The van der Waals surface area contributed by atoms with E-state index in [4.69, 9.17) is 9.73 Å². The van der Waals surface area contributed by atoms with Gasteiger partial charge in [0, 0.05) is 39.8 Å². The van der Waals surface area contributed by atoms with Crippen LogP contribution in [0.2, 0.25) is 0 Å². The second-order valence-corrected chi connectivity index (χ2v) is 7.96. The Morgan fingerprint density at radius 2 is 2.00 bits per heavy atom. The molecular weight excluding hydrogens is 455 g/mol. The number of amides is 1. The Bertz CT molecular complexity index is 469. The third-order valence-electron chi connectivity index (χ3n) is 4.36. The molecule has 0 bridgehead atoms. The van der Waals surface area contributed by atoms with Gasteiger partial charge < -0.3 is 19.9 Å². The molecule has 1 rings (SSSR count). The van der Waals surface area contributed by atoms with Crippen LogP contribution in [0.5, 0.6) is 0 Å². The van der Waals surface area contributed by atoms with Crippen molar-refractivity contribution in [3.63, 3.8) is 0 Å². The molecule has 6 nitrogen and oxygen atoms in total. The van der Waals surface area contributed by atoms with E-state index in [2.05, 4.69) is 30.8 Å². The van der Waals surface area contributed by atoms with Crippen LogP contribution in [0.3, 0.4) is 0 Å². The number of carbonyl (C=O) groups is 1. The summed E-state index contributed by atoms with van der Waals surface area (Å²) in [5.74, 6) is 1.48. The lowest BCUT2D eigenvalue weighted by atomic mass is 9.97. The minimum absolute atomic E-state index is 0. The smallest absolute Gasteiger partial charge is 0.410 e. The summed E-state index contributed by atoms with van der Waals surface area (Å²) >= 11 is 0. The van der Waals surface area contributed by atoms with Crippen molar-refractivity contribution in [3.8, 4) is 0 Å². The number of hydrogen-bond acceptors (Lipinski definition) is 3. The van der Waals surface area contributed by atoms with Crippen LogP contribution in [0.15, 0.2) is 17.6 Å². The molecule has 0 saturated carbocycles. The Morgan fingerprint density at radius 1 is 1.37 bits per heavy atom. The molecule has 1 aliphatic heterocycles. The van der Waals surface area contributed by atoms with Crippen LogP contribution in [0, 0.1) is 5.92 Å². The van der Waals surface area contributed by atoms with Crippen molar-refractivity contribution in [2.75, 3.05) is 39.8 Å². The number of guanidine groups is 1. The largest absolute Gasteiger partial charge is 0.444 e. The highest BCUT2D eigenvalue weighted by atomic mass is 127.